The lowest BCUT2D eigenvalue weighted by Gasteiger charge is -2.40. The molecule has 1 fully saturated rings. The monoisotopic (exact) mass is 503 g/mol. The van der Waals surface area contributed by atoms with Gasteiger partial charge in [-0.1, -0.05) is 26.8 Å². The molecule has 1 saturated heterocycles. The molecule has 7 heteroatoms. The molecule has 1 aromatic rings. The van der Waals surface area contributed by atoms with Crippen LogP contribution >= 0.6 is 24.0 Å². The van der Waals surface area contributed by atoms with Crippen LogP contribution in [0.5, 0.6) is 11.5 Å². The molecule has 3 rings (SSSR count). The lowest BCUT2D eigenvalue weighted by molar-refractivity contribution is -0.0836. The van der Waals surface area contributed by atoms with E-state index in [1.54, 1.807) is 0 Å². The number of halogens is 1. The van der Waals surface area contributed by atoms with E-state index in [4.69, 9.17) is 14.2 Å². The molecular weight excluding hydrogens is 469 g/mol. The topological polar surface area (TPSA) is 55.3 Å². The molecule has 0 spiro atoms. The number of rotatable bonds is 4. The quantitative estimate of drug-likeness (QED) is 0.384. The molecule has 28 heavy (non-hydrogen) atoms. The average molecular weight is 503 g/mol. The van der Waals surface area contributed by atoms with Gasteiger partial charge in [0.15, 0.2) is 17.5 Å². The minimum Gasteiger partial charge on any atom is -0.454 e. The van der Waals surface area contributed by atoms with Gasteiger partial charge < -0.3 is 24.4 Å². The SMILES string of the molecule is CN=C(NCC1CCCOC1C(C)(C)C)N(C)Cc1ccc2c(c1)OCO2.I. The molecule has 0 bridgehead atoms. The van der Waals surface area contributed by atoms with E-state index < -0.39 is 0 Å². The van der Waals surface area contributed by atoms with Crippen LogP contribution in [-0.4, -0.2) is 51.0 Å². The highest BCUT2D eigenvalue weighted by molar-refractivity contribution is 14.0. The second-order valence-corrected chi connectivity index (χ2v) is 8.53. The Labute approximate surface area is 186 Å². The fourth-order valence-corrected chi connectivity index (χ4v) is 4.00. The van der Waals surface area contributed by atoms with Gasteiger partial charge in [-0.15, -0.1) is 24.0 Å². The van der Waals surface area contributed by atoms with Crippen LogP contribution < -0.4 is 14.8 Å². The molecule has 2 aliphatic rings. The second-order valence-electron chi connectivity index (χ2n) is 8.53. The van der Waals surface area contributed by atoms with Gasteiger partial charge in [-0.3, -0.25) is 4.99 Å². The van der Waals surface area contributed by atoms with Gasteiger partial charge in [-0.2, -0.15) is 0 Å². The van der Waals surface area contributed by atoms with Crippen molar-refractivity contribution in [3.05, 3.63) is 23.8 Å². The third-order valence-corrected chi connectivity index (χ3v) is 5.25. The van der Waals surface area contributed by atoms with Crippen LogP contribution in [0.25, 0.3) is 0 Å². The van der Waals surface area contributed by atoms with Crippen molar-refractivity contribution in [2.75, 3.05) is 34.0 Å². The molecule has 0 radical (unpaired) electrons. The van der Waals surface area contributed by atoms with Crippen LogP contribution in [0.4, 0.5) is 0 Å². The van der Waals surface area contributed by atoms with E-state index in [1.807, 2.05) is 19.2 Å². The number of guanidine groups is 1. The van der Waals surface area contributed by atoms with Gasteiger partial charge in [0, 0.05) is 39.7 Å². The minimum absolute atomic E-state index is 0. The van der Waals surface area contributed by atoms with Gasteiger partial charge in [-0.25, -0.2) is 0 Å². The summed E-state index contributed by atoms with van der Waals surface area (Å²) in [5, 5.41) is 3.55. The summed E-state index contributed by atoms with van der Waals surface area (Å²) in [7, 11) is 3.88. The maximum atomic E-state index is 6.10. The van der Waals surface area contributed by atoms with Crippen LogP contribution in [0.2, 0.25) is 0 Å². The van der Waals surface area contributed by atoms with Gasteiger partial charge in [0.05, 0.1) is 6.10 Å². The van der Waals surface area contributed by atoms with Crippen molar-refractivity contribution in [3.8, 4) is 11.5 Å². The Hall–Kier alpha value is -1.22. The van der Waals surface area contributed by atoms with Crippen molar-refractivity contribution < 1.29 is 14.2 Å². The number of ether oxygens (including phenoxy) is 3. The number of nitrogens with zero attached hydrogens (tertiary/aromatic N) is 2. The normalized spacial score (nSPS) is 21.8. The van der Waals surface area contributed by atoms with E-state index in [9.17, 15) is 0 Å². The molecule has 2 aliphatic heterocycles. The molecule has 1 N–H and O–H groups in total. The van der Waals surface area contributed by atoms with Crippen molar-refractivity contribution in [2.45, 2.75) is 46.3 Å². The van der Waals surface area contributed by atoms with E-state index in [1.165, 1.54) is 12.0 Å². The lowest BCUT2D eigenvalue weighted by Crippen LogP contribution is -2.47. The van der Waals surface area contributed by atoms with Crippen LogP contribution in [0.15, 0.2) is 23.2 Å². The number of benzene rings is 1. The Balaban J connectivity index is 0.00000280. The predicted molar refractivity (Wildman–Crippen MR) is 123 cm³/mol. The molecule has 6 nitrogen and oxygen atoms in total. The molecule has 2 heterocycles. The first-order chi connectivity index (χ1) is 12.9. The molecule has 2 atom stereocenters. The van der Waals surface area contributed by atoms with E-state index >= 15 is 0 Å². The molecule has 0 aromatic heterocycles. The zero-order valence-electron chi connectivity index (χ0n) is 17.7. The van der Waals surface area contributed by atoms with Gasteiger partial charge in [-0.05, 0) is 36.0 Å². The maximum Gasteiger partial charge on any atom is 0.231 e. The third kappa shape index (κ3) is 5.65. The van der Waals surface area contributed by atoms with E-state index in [0.717, 1.165) is 43.6 Å². The minimum atomic E-state index is 0. The van der Waals surface area contributed by atoms with Crippen LogP contribution in [0, 0.1) is 11.3 Å². The number of fused-ring (bicyclic) bond motifs is 1. The van der Waals surface area contributed by atoms with Crippen LogP contribution in [-0.2, 0) is 11.3 Å². The Morgan fingerprint density at radius 2 is 2.00 bits per heavy atom. The van der Waals surface area contributed by atoms with E-state index in [-0.39, 0.29) is 35.5 Å². The summed E-state index contributed by atoms with van der Waals surface area (Å²) in [6.07, 6.45) is 2.60. The first kappa shape index (κ1) is 23.1. The van der Waals surface area contributed by atoms with Crippen LogP contribution in [0.1, 0.15) is 39.2 Å². The highest BCUT2D eigenvalue weighted by atomic mass is 127. The van der Waals surface area contributed by atoms with E-state index in [2.05, 4.69) is 49.1 Å². The van der Waals surface area contributed by atoms with Crippen molar-refractivity contribution in [2.24, 2.45) is 16.3 Å². The molecule has 158 valence electrons. The summed E-state index contributed by atoms with van der Waals surface area (Å²) in [5.41, 5.74) is 1.31. The Bertz CT molecular complexity index is 675. The first-order valence-corrected chi connectivity index (χ1v) is 9.80. The summed E-state index contributed by atoms with van der Waals surface area (Å²) in [6, 6.07) is 6.08. The maximum absolute atomic E-state index is 6.10. The number of nitrogens with one attached hydrogen (secondary N) is 1. The molecule has 0 amide bonds. The fraction of sp³-hybridized carbons (Fsp3) is 0.667. The average Bonchev–Trinajstić information content (AvgIpc) is 3.09. The summed E-state index contributed by atoms with van der Waals surface area (Å²) < 4.78 is 17.0. The molecule has 2 unspecified atom stereocenters. The summed E-state index contributed by atoms with van der Waals surface area (Å²) >= 11 is 0. The Morgan fingerprint density at radius 3 is 2.71 bits per heavy atom. The first-order valence-electron chi connectivity index (χ1n) is 9.80. The second kappa shape index (κ2) is 10.0. The van der Waals surface area contributed by atoms with Gasteiger partial charge in [0.25, 0.3) is 0 Å². The Kier molecular flexibility index (Phi) is 8.24. The van der Waals surface area contributed by atoms with Crippen molar-refractivity contribution in [3.63, 3.8) is 0 Å². The third-order valence-electron chi connectivity index (χ3n) is 5.25. The largest absolute Gasteiger partial charge is 0.454 e. The fourth-order valence-electron chi connectivity index (χ4n) is 4.00. The molecular formula is C21H34IN3O3. The molecule has 0 aliphatic carbocycles. The number of aliphatic imine (C=N–C) groups is 1. The smallest absolute Gasteiger partial charge is 0.231 e. The summed E-state index contributed by atoms with van der Waals surface area (Å²) in [6.45, 7) is 9.58. The van der Waals surface area contributed by atoms with Gasteiger partial charge in [0.1, 0.15) is 0 Å². The molecule has 0 saturated carbocycles. The van der Waals surface area contributed by atoms with Gasteiger partial charge in [0.2, 0.25) is 6.79 Å². The zero-order valence-corrected chi connectivity index (χ0v) is 20.0. The lowest BCUT2D eigenvalue weighted by atomic mass is 9.78. The molecule has 1 aromatic carbocycles. The highest BCUT2D eigenvalue weighted by Crippen LogP contribution is 2.34. The zero-order chi connectivity index (χ0) is 19.4. The van der Waals surface area contributed by atoms with Gasteiger partial charge >= 0.3 is 0 Å². The van der Waals surface area contributed by atoms with Crippen molar-refractivity contribution in [1.29, 1.82) is 0 Å². The van der Waals surface area contributed by atoms with Crippen LogP contribution in [0.3, 0.4) is 0 Å². The predicted octanol–water partition coefficient (Wildman–Crippen LogP) is 3.88. The standard InChI is InChI=1S/C21H33N3O3.HI/c1-21(2,3)19-16(7-6-10-25-19)12-23-20(22-4)24(5)13-15-8-9-17-18(11-15)27-14-26-17;/h8-9,11,16,19H,6-7,10,12-14H2,1-5H3,(H,22,23);1H. The summed E-state index contributed by atoms with van der Waals surface area (Å²) in [4.78, 5) is 6.60. The highest BCUT2D eigenvalue weighted by Gasteiger charge is 2.35. The number of hydrogen-bond acceptors (Lipinski definition) is 4. The van der Waals surface area contributed by atoms with Crippen molar-refractivity contribution in [1.82, 2.24) is 10.2 Å². The summed E-state index contributed by atoms with van der Waals surface area (Å²) in [5.74, 6) is 3.02. The number of hydrogen-bond donors (Lipinski definition) is 1. The Morgan fingerprint density at radius 1 is 1.25 bits per heavy atom. The van der Waals surface area contributed by atoms with E-state index in [0.29, 0.717) is 12.7 Å². The van der Waals surface area contributed by atoms with Crippen molar-refractivity contribution >= 4 is 29.9 Å².